The molecule has 9 heteroatoms. The third-order valence-electron chi connectivity index (χ3n) is 4.73. The second kappa shape index (κ2) is 7.31. The van der Waals surface area contributed by atoms with Gasteiger partial charge in [-0.3, -0.25) is 9.59 Å². The van der Waals surface area contributed by atoms with E-state index in [9.17, 15) is 18.0 Å². The van der Waals surface area contributed by atoms with E-state index >= 15 is 0 Å². The van der Waals surface area contributed by atoms with Crippen LogP contribution in [0.5, 0.6) is 0 Å². The fourth-order valence-electron chi connectivity index (χ4n) is 3.42. The fourth-order valence-corrected chi connectivity index (χ4v) is 5.21. The smallest absolute Gasteiger partial charge is 0.303 e. The van der Waals surface area contributed by atoms with Gasteiger partial charge in [-0.05, 0) is 26.0 Å². The number of Topliss-reactive ketones (excluding diaryl/α,β-unsaturated/α-hetero) is 1. The van der Waals surface area contributed by atoms with Crippen molar-refractivity contribution in [1.29, 1.82) is 0 Å². The number of aliphatic carboxylic acids is 1. The second-order valence-corrected chi connectivity index (χ2v) is 9.30. The minimum atomic E-state index is -3.79. The molecule has 2 aliphatic rings. The van der Waals surface area contributed by atoms with Crippen LogP contribution >= 0.6 is 0 Å². The Labute approximate surface area is 158 Å². The highest BCUT2D eigenvalue weighted by Gasteiger charge is 2.48. The lowest BCUT2D eigenvalue weighted by Gasteiger charge is -2.44. The molecule has 1 N–H and O–H groups in total. The van der Waals surface area contributed by atoms with Gasteiger partial charge in [-0.1, -0.05) is 12.1 Å². The molecule has 0 aromatic heterocycles. The van der Waals surface area contributed by atoms with Crippen LogP contribution in [-0.2, 0) is 24.3 Å². The molecule has 0 saturated carbocycles. The van der Waals surface area contributed by atoms with Crippen LogP contribution in [0.1, 0.15) is 37.0 Å². The minimum Gasteiger partial charge on any atom is -0.481 e. The maximum Gasteiger partial charge on any atom is 0.303 e. The van der Waals surface area contributed by atoms with Gasteiger partial charge in [0.2, 0.25) is 10.0 Å². The molecule has 0 radical (unpaired) electrons. The molecule has 148 valence electrons. The SMILES string of the molecule is CC1(C)CN(S(=O)(=O)c2ccc(C(=O)CCC(=O)O)cc2)[C@@H]2COC[C@H]2O1. The van der Waals surface area contributed by atoms with Gasteiger partial charge in [0.15, 0.2) is 5.78 Å². The maximum atomic E-state index is 13.2. The molecule has 0 unspecified atom stereocenters. The Kier molecular flexibility index (Phi) is 5.40. The summed E-state index contributed by atoms with van der Waals surface area (Å²) in [4.78, 5) is 22.7. The Bertz CT molecular complexity index is 832. The van der Waals surface area contributed by atoms with Crippen molar-refractivity contribution in [3.05, 3.63) is 29.8 Å². The number of hydrogen-bond donors (Lipinski definition) is 1. The van der Waals surface area contributed by atoms with E-state index in [4.69, 9.17) is 14.6 Å². The van der Waals surface area contributed by atoms with E-state index in [1.165, 1.54) is 28.6 Å². The summed E-state index contributed by atoms with van der Waals surface area (Å²) >= 11 is 0. The van der Waals surface area contributed by atoms with E-state index in [2.05, 4.69) is 0 Å². The van der Waals surface area contributed by atoms with Gasteiger partial charge in [0.25, 0.3) is 0 Å². The van der Waals surface area contributed by atoms with E-state index in [1.54, 1.807) is 0 Å². The first-order chi connectivity index (χ1) is 12.6. The van der Waals surface area contributed by atoms with E-state index in [0.717, 1.165) is 0 Å². The first-order valence-corrected chi connectivity index (χ1v) is 10.2. The number of carbonyl (C=O) groups excluding carboxylic acids is 1. The number of sulfonamides is 1. The number of carboxylic acid groups (broad SMARTS) is 1. The Morgan fingerprint density at radius 3 is 2.48 bits per heavy atom. The molecule has 0 aliphatic carbocycles. The number of carboxylic acids is 1. The Morgan fingerprint density at radius 1 is 1.19 bits per heavy atom. The summed E-state index contributed by atoms with van der Waals surface area (Å²) in [7, 11) is -3.79. The molecule has 8 nitrogen and oxygen atoms in total. The van der Waals surface area contributed by atoms with Crippen LogP contribution < -0.4 is 0 Å². The first kappa shape index (κ1) is 19.9. The van der Waals surface area contributed by atoms with Crippen molar-refractivity contribution >= 4 is 21.8 Å². The molecular formula is C18H23NO7S. The summed E-state index contributed by atoms with van der Waals surface area (Å²) in [5.74, 6) is -1.39. The monoisotopic (exact) mass is 397 g/mol. The van der Waals surface area contributed by atoms with Crippen LogP contribution in [-0.4, -0.2) is 67.1 Å². The number of fused-ring (bicyclic) bond motifs is 1. The van der Waals surface area contributed by atoms with Gasteiger partial charge in [-0.25, -0.2) is 8.42 Å². The van der Waals surface area contributed by atoms with Gasteiger partial charge < -0.3 is 14.6 Å². The average Bonchev–Trinajstić information content (AvgIpc) is 3.05. The van der Waals surface area contributed by atoms with Gasteiger partial charge in [-0.15, -0.1) is 0 Å². The zero-order chi connectivity index (χ0) is 19.8. The highest BCUT2D eigenvalue weighted by atomic mass is 32.2. The quantitative estimate of drug-likeness (QED) is 0.721. The molecule has 2 heterocycles. The molecule has 27 heavy (non-hydrogen) atoms. The molecule has 2 atom stereocenters. The molecule has 2 fully saturated rings. The molecular weight excluding hydrogens is 374 g/mol. The lowest BCUT2D eigenvalue weighted by atomic mass is 10.0. The summed E-state index contributed by atoms with van der Waals surface area (Å²) in [6, 6.07) is 5.24. The van der Waals surface area contributed by atoms with E-state index in [-0.39, 0.29) is 48.8 Å². The zero-order valence-corrected chi connectivity index (χ0v) is 16.1. The van der Waals surface area contributed by atoms with Crippen molar-refractivity contribution < 1.29 is 32.6 Å². The van der Waals surface area contributed by atoms with Crippen LogP contribution in [0.15, 0.2) is 29.2 Å². The lowest BCUT2D eigenvalue weighted by Crippen LogP contribution is -2.59. The molecule has 2 aliphatic heterocycles. The predicted octanol–water partition coefficient (Wildman–Crippen LogP) is 1.30. The summed E-state index contributed by atoms with van der Waals surface area (Å²) in [5, 5.41) is 8.66. The number of nitrogens with zero attached hydrogens (tertiary/aromatic N) is 1. The van der Waals surface area contributed by atoms with Gasteiger partial charge in [-0.2, -0.15) is 4.31 Å². The van der Waals surface area contributed by atoms with Crippen molar-refractivity contribution in [2.75, 3.05) is 19.8 Å². The van der Waals surface area contributed by atoms with Crippen LogP contribution in [0.25, 0.3) is 0 Å². The van der Waals surface area contributed by atoms with Gasteiger partial charge in [0.05, 0.1) is 36.2 Å². The molecule has 3 rings (SSSR count). The average molecular weight is 397 g/mol. The summed E-state index contributed by atoms with van der Waals surface area (Å²) in [6.45, 7) is 4.53. The number of ketones is 1. The first-order valence-electron chi connectivity index (χ1n) is 8.73. The normalized spacial score (nSPS) is 25.1. The third kappa shape index (κ3) is 4.21. The Hall–Kier alpha value is -1.81. The molecule has 0 spiro atoms. The van der Waals surface area contributed by atoms with Crippen LogP contribution in [0.4, 0.5) is 0 Å². The number of benzene rings is 1. The second-order valence-electron chi connectivity index (χ2n) is 7.41. The largest absolute Gasteiger partial charge is 0.481 e. The number of morpholine rings is 1. The fraction of sp³-hybridized carbons (Fsp3) is 0.556. The van der Waals surface area contributed by atoms with Crippen LogP contribution in [0.3, 0.4) is 0 Å². The van der Waals surface area contributed by atoms with Gasteiger partial charge in [0.1, 0.15) is 6.10 Å². The van der Waals surface area contributed by atoms with Crippen molar-refractivity contribution in [3.8, 4) is 0 Å². The molecule has 1 aromatic rings. The summed E-state index contributed by atoms with van der Waals surface area (Å²) in [6.07, 6.45) is -0.689. The lowest BCUT2D eigenvalue weighted by molar-refractivity contribution is -0.136. The molecule has 0 amide bonds. The number of ether oxygens (including phenoxy) is 2. The summed E-state index contributed by atoms with van der Waals surface area (Å²) in [5.41, 5.74) is -0.339. The van der Waals surface area contributed by atoms with E-state index < -0.39 is 21.6 Å². The van der Waals surface area contributed by atoms with Crippen molar-refractivity contribution in [2.24, 2.45) is 0 Å². The van der Waals surface area contributed by atoms with E-state index in [1.807, 2.05) is 13.8 Å². The van der Waals surface area contributed by atoms with Crippen molar-refractivity contribution in [3.63, 3.8) is 0 Å². The number of hydrogen-bond acceptors (Lipinski definition) is 6. The highest BCUT2D eigenvalue weighted by molar-refractivity contribution is 7.89. The summed E-state index contributed by atoms with van der Waals surface area (Å²) < 4.78 is 39.1. The Morgan fingerprint density at radius 2 is 1.85 bits per heavy atom. The molecule has 0 bridgehead atoms. The predicted molar refractivity (Wildman–Crippen MR) is 95.1 cm³/mol. The Balaban J connectivity index is 1.82. The third-order valence-corrected chi connectivity index (χ3v) is 6.61. The van der Waals surface area contributed by atoms with Gasteiger partial charge in [0, 0.05) is 18.5 Å². The van der Waals surface area contributed by atoms with Crippen LogP contribution in [0, 0.1) is 0 Å². The van der Waals surface area contributed by atoms with Crippen molar-refractivity contribution in [1.82, 2.24) is 4.31 Å². The van der Waals surface area contributed by atoms with Gasteiger partial charge >= 0.3 is 5.97 Å². The zero-order valence-electron chi connectivity index (χ0n) is 15.3. The number of rotatable bonds is 6. The minimum absolute atomic E-state index is 0.0839. The highest BCUT2D eigenvalue weighted by Crippen LogP contribution is 2.33. The molecule has 2 saturated heterocycles. The van der Waals surface area contributed by atoms with Crippen LogP contribution in [0.2, 0.25) is 0 Å². The molecule has 1 aromatic carbocycles. The maximum absolute atomic E-state index is 13.2. The topological polar surface area (TPSA) is 110 Å². The standard InChI is InChI=1S/C18H23NO7S/c1-18(2)11-19(14-9-25-10-16(14)26-18)27(23,24)13-5-3-12(4-6-13)15(20)7-8-17(21)22/h3-6,14,16H,7-11H2,1-2H3,(H,21,22)/t14-,16-/m1/s1. The van der Waals surface area contributed by atoms with E-state index in [0.29, 0.717) is 12.2 Å². The number of carbonyl (C=O) groups is 2. The van der Waals surface area contributed by atoms with Crippen molar-refractivity contribution in [2.45, 2.75) is 49.3 Å².